The summed E-state index contributed by atoms with van der Waals surface area (Å²) in [4.78, 5) is 0. The van der Waals surface area contributed by atoms with Gasteiger partial charge in [-0.2, -0.15) is 15.3 Å². The SMILES string of the molecule is [SiH3]C(C=C(c1cc[nH]n1)c1cc[nH]n1)c1cc[nH]n1. The monoisotopic (exact) mass is 270 g/mol. The van der Waals surface area contributed by atoms with Crippen LogP contribution in [0.3, 0.4) is 0 Å². The normalized spacial score (nSPS) is 12.4. The maximum Gasteiger partial charge on any atom is 0.0939 e. The van der Waals surface area contributed by atoms with Gasteiger partial charge in [-0.05, 0) is 18.2 Å². The predicted molar refractivity (Wildman–Crippen MR) is 75.5 cm³/mol. The molecule has 0 fully saturated rings. The first kappa shape index (κ1) is 11.7. The van der Waals surface area contributed by atoms with E-state index in [1.165, 1.54) is 0 Å². The molecule has 0 aromatic carbocycles. The van der Waals surface area contributed by atoms with Crippen molar-refractivity contribution in [1.82, 2.24) is 30.6 Å². The molecule has 96 valence electrons. The highest BCUT2D eigenvalue weighted by Crippen LogP contribution is 2.23. The maximum absolute atomic E-state index is 4.25. The van der Waals surface area contributed by atoms with Crippen LogP contribution in [0.5, 0.6) is 0 Å². The highest BCUT2D eigenvalue weighted by molar-refractivity contribution is 6.14. The predicted octanol–water partition coefficient (Wildman–Crippen LogP) is 0.394. The highest BCUT2D eigenvalue weighted by atomic mass is 28.1. The number of H-pyrrole nitrogens is 3. The van der Waals surface area contributed by atoms with Crippen LogP contribution in [0.15, 0.2) is 42.9 Å². The summed E-state index contributed by atoms with van der Waals surface area (Å²) in [6, 6.07) is 5.89. The molecule has 1 atom stereocenters. The zero-order valence-corrected chi connectivity index (χ0v) is 12.5. The van der Waals surface area contributed by atoms with E-state index in [-0.39, 0.29) is 0 Å². The van der Waals surface area contributed by atoms with Gasteiger partial charge >= 0.3 is 0 Å². The van der Waals surface area contributed by atoms with Gasteiger partial charge in [0.25, 0.3) is 0 Å². The molecule has 0 aliphatic heterocycles. The molecule has 0 saturated heterocycles. The lowest BCUT2D eigenvalue weighted by Crippen LogP contribution is -1.99. The Labute approximate surface area is 112 Å². The molecule has 0 aliphatic rings. The second-order valence-electron chi connectivity index (χ2n) is 4.29. The van der Waals surface area contributed by atoms with E-state index in [0.29, 0.717) is 5.54 Å². The van der Waals surface area contributed by atoms with Crippen molar-refractivity contribution >= 4 is 15.8 Å². The van der Waals surface area contributed by atoms with Crippen LogP contribution in [0.25, 0.3) is 5.57 Å². The Morgan fingerprint density at radius 2 is 1.53 bits per heavy atom. The van der Waals surface area contributed by atoms with Gasteiger partial charge < -0.3 is 0 Å². The molecule has 3 N–H and O–H groups in total. The highest BCUT2D eigenvalue weighted by Gasteiger charge is 2.13. The molecular formula is C12H14N6Si. The van der Waals surface area contributed by atoms with Crippen LogP contribution in [0, 0.1) is 0 Å². The van der Waals surface area contributed by atoms with Gasteiger partial charge in [0, 0.05) is 39.9 Å². The summed E-state index contributed by atoms with van der Waals surface area (Å²) in [7, 11) is 0.975. The molecule has 3 aromatic rings. The molecule has 0 amide bonds. The van der Waals surface area contributed by atoms with E-state index >= 15 is 0 Å². The van der Waals surface area contributed by atoms with Crippen molar-refractivity contribution in [3.63, 3.8) is 0 Å². The quantitative estimate of drug-likeness (QED) is 0.600. The number of nitrogens with zero attached hydrogens (tertiary/aromatic N) is 3. The summed E-state index contributed by atoms with van der Waals surface area (Å²) in [5, 5.41) is 21.3. The van der Waals surface area contributed by atoms with Gasteiger partial charge in [0.05, 0.1) is 17.1 Å². The van der Waals surface area contributed by atoms with Crippen molar-refractivity contribution in [1.29, 1.82) is 0 Å². The standard InChI is InChI=1S/C12H14N6Si/c19-12(11-3-6-15-18-11)7-8(9-1-4-13-16-9)10-2-5-14-17-10/h1-7,12H,19H3,(H,13,16)(H,14,17)(H,15,18). The lowest BCUT2D eigenvalue weighted by molar-refractivity contribution is 0.991. The average molecular weight is 270 g/mol. The topological polar surface area (TPSA) is 86.0 Å². The number of aromatic nitrogens is 6. The summed E-state index contributed by atoms with van der Waals surface area (Å²) >= 11 is 0. The number of hydrogen-bond acceptors (Lipinski definition) is 3. The second-order valence-corrected chi connectivity index (χ2v) is 5.53. The lowest BCUT2D eigenvalue weighted by Gasteiger charge is -2.06. The number of allylic oxidation sites excluding steroid dienone is 1. The van der Waals surface area contributed by atoms with Gasteiger partial charge in [-0.15, -0.1) is 0 Å². The van der Waals surface area contributed by atoms with E-state index in [4.69, 9.17) is 0 Å². The zero-order valence-electron chi connectivity index (χ0n) is 10.5. The third kappa shape index (κ3) is 2.41. The summed E-state index contributed by atoms with van der Waals surface area (Å²) in [6.07, 6.45) is 7.64. The molecule has 0 bridgehead atoms. The van der Waals surface area contributed by atoms with Crippen molar-refractivity contribution in [3.05, 3.63) is 59.9 Å². The van der Waals surface area contributed by atoms with E-state index < -0.39 is 0 Å². The van der Waals surface area contributed by atoms with Crippen LogP contribution < -0.4 is 0 Å². The zero-order chi connectivity index (χ0) is 13.1. The first-order valence-electron chi connectivity index (χ1n) is 6.06. The van der Waals surface area contributed by atoms with Crippen molar-refractivity contribution < 1.29 is 0 Å². The molecule has 19 heavy (non-hydrogen) atoms. The van der Waals surface area contributed by atoms with Crippen LogP contribution >= 0.6 is 0 Å². The fourth-order valence-electron chi connectivity index (χ4n) is 1.98. The maximum atomic E-state index is 4.25. The van der Waals surface area contributed by atoms with Gasteiger partial charge in [-0.3, -0.25) is 15.3 Å². The van der Waals surface area contributed by atoms with E-state index in [1.54, 1.807) is 0 Å². The minimum atomic E-state index is 0.314. The molecule has 6 nitrogen and oxygen atoms in total. The van der Waals surface area contributed by atoms with Crippen molar-refractivity contribution in [3.8, 4) is 0 Å². The fraction of sp³-hybridized carbons (Fsp3) is 0.0833. The second kappa shape index (κ2) is 5.07. The summed E-state index contributed by atoms with van der Waals surface area (Å²) in [6.45, 7) is 0. The van der Waals surface area contributed by atoms with E-state index in [1.807, 2.05) is 36.8 Å². The van der Waals surface area contributed by atoms with Gasteiger partial charge in [-0.25, -0.2) is 0 Å². The summed E-state index contributed by atoms with van der Waals surface area (Å²) < 4.78 is 0. The van der Waals surface area contributed by atoms with Crippen LogP contribution in [0.1, 0.15) is 22.6 Å². The first-order valence-corrected chi connectivity index (χ1v) is 7.22. The Morgan fingerprint density at radius 1 is 0.947 bits per heavy atom. The third-order valence-corrected chi connectivity index (χ3v) is 3.88. The number of rotatable bonds is 4. The fourth-order valence-corrected chi connectivity index (χ4v) is 2.64. The molecule has 3 aromatic heterocycles. The van der Waals surface area contributed by atoms with E-state index in [0.717, 1.165) is 32.9 Å². The van der Waals surface area contributed by atoms with Crippen molar-refractivity contribution in [2.24, 2.45) is 0 Å². The Kier molecular flexibility index (Phi) is 3.11. The molecular weight excluding hydrogens is 256 g/mol. The smallest absolute Gasteiger partial charge is 0.0939 e. The summed E-state index contributed by atoms with van der Waals surface area (Å²) in [5.41, 5.74) is 4.17. The molecule has 7 heteroatoms. The van der Waals surface area contributed by atoms with Crippen LogP contribution in [-0.2, 0) is 0 Å². The van der Waals surface area contributed by atoms with Gasteiger partial charge in [-0.1, -0.05) is 6.08 Å². The lowest BCUT2D eigenvalue weighted by atomic mass is 10.1. The molecule has 3 heterocycles. The molecule has 3 rings (SSSR count). The van der Waals surface area contributed by atoms with Crippen LogP contribution in [-0.4, -0.2) is 40.8 Å². The number of nitrogens with one attached hydrogen (secondary N) is 3. The van der Waals surface area contributed by atoms with Crippen LogP contribution in [0.2, 0.25) is 0 Å². The number of hydrogen-bond donors (Lipinski definition) is 3. The Balaban J connectivity index is 2.00. The Hall–Kier alpha value is -2.41. The largest absolute Gasteiger partial charge is 0.285 e. The average Bonchev–Trinajstić information content (AvgIpc) is 3.17. The molecule has 0 radical (unpaired) electrons. The molecule has 0 saturated carbocycles. The van der Waals surface area contributed by atoms with E-state index in [2.05, 4.69) is 36.7 Å². The molecule has 1 unspecified atom stereocenters. The van der Waals surface area contributed by atoms with Gasteiger partial charge in [0.2, 0.25) is 0 Å². The Morgan fingerprint density at radius 3 is 2.00 bits per heavy atom. The Bertz CT molecular complexity index is 602. The molecule has 0 aliphatic carbocycles. The van der Waals surface area contributed by atoms with Crippen molar-refractivity contribution in [2.75, 3.05) is 0 Å². The minimum absolute atomic E-state index is 0.314. The van der Waals surface area contributed by atoms with E-state index in [9.17, 15) is 0 Å². The minimum Gasteiger partial charge on any atom is -0.285 e. The molecule has 0 spiro atoms. The van der Waals surface area contributed by atoms with Crippen molar-refractivity contribution in [2.45, 2.75) is 5.54 Å². The van der Waals surface area contributed by atoms with Crippen LogP contribution in [0.4, 0.5) is 0 Å². The van der Waals surface area contributed by atoms with Gasteiger partial charge in [0.1, 0.15) is 0 Å². The number of aromatic amines is 3. The summed E-state index contributed by atoms with van der Waals surface area (Å²) in [5.74, 6) is 0. The first-order chi connectivity index (χ1) is 9.34. The van der Waals surface area contributed by atoms with Gasteiger partial charge in [0.15, 0.2) is 0 Å². The third-order valence-electron chi connectivity index (χ3n) is 2.96.